The van der Waals surface area contributed by atoms with Gasteiger partial charge in [-0.1, -0.05) is 79.1 Å². The van der Waals surface area contributed by atoms with E-state index in [-0.39, 0.29) is 24.2 Å². The van der Waals surface area contributed by atoms with E-state index >= 15 is 0 Å². The minimum absolute atomic E-state index is 0.0655. The minimum atomic E-state index is -3.89. The molecule has 1 aliphatic carbocycles. The maximum atomic E-state index is 14.3. The monoisotopic (exact) mass is 591 g/mol. The highest BCUT2D eigenvalue weighted by molar-refractivity contribution is 7.92. The molecule has 224 valence electrons. The van der Waals surface area contributed by atoms with Gasteiger partial charge < -0.3 is 15.0 Å². The molecule has 1 aliphatic rings. The Morgan fingerprint density at radius 2 is 1.60 bits per heavy atom. The zero-order valence-electron chi connectivity index (χ0n) is 24.9. The number of hydrogen-bond acceptors (Lipinski definition) is 5. The molecule has 1 unspecified atom stereocenters. The van der Waals surface area contributed by atoms with Crippen molar-refractivity contribution in [1.29, 1.82) is 0 Å². The second-order valence-corrected chi connectivity index (χ2v) is 13.1. The largest absolute Gasteiger partial charge is 0.495 e. The second kappa shape index (κ2) is 13.9. The van der Waals surface area contributed by atoms with E-state index in [1.807, 2.05) is 74.5 Å². The standard InChI is InChI=1S/C33H41N3O5S/c1-24-11-10-14-27(19-24)22-35(30(21-26-12-6-5-7-13-26)33(38)34-28-15-8-9-16-28)32(37)23-36(42(4,39)40)29-20-25(2)17-18-31(29)41-3/h5-7,10-14,17-20,28,30H,8-9,15-16,21-23H2,1-4H3,(H,34,38). The summed E-state index contributed by atoms with van der Waals surface area (Å²) in [5.41, 5.74) is 3.89. The van der Waals surface area contributed by atoms with Gasteiger partial charge in [-0.25, -0.2) is 8.42 Å². The van der Waals surface area contributed by atoms with Crippen LogP contribution < -0.4 is 14.4 Å². The first-order valence-corrected chi connectivity index (χ1v) is 16.2. The first kappa shape index (κ1) is 31.1. The molecular weight excluding hydrogens is 550 g/mol. The average Bonchev–Trinajstić information content (AvgIpc) is 3.46. The average molecular weight is 592 g/mol. The predicted molar refractivity (Wildman–Crippen MR) is 166 cm³/mol. The zero-order valence-corrected chi connectivity index (χ0v) is 25.7. The van der Waals surface area contributed by atoms with Crippen LogP contribution in [0.1, 0.15) is 47.9 Å². The Morgan fingerprint density at radius 3 is 2.24 bits per heavy atom. The lowest BCUT2D eigenvalue weighted by atomic mass is 10.0. The molecule has 2 amide bonds. The van der Waals surface area contributed by atoms with Crippen molar-refractivity contribution in [1.82, 2.24) is 10.2 Å². The van der Waals surface area contributed by atoms with Gasteiger partial charge in [0.1, 0.15) is 18.3 Å². The number of anilines is 1. The van der Waals surface area contributed by atoms with Crippen LogP contribution in [0.4, 0.5) is 5.69 Å². The van der Waals surface area contributed by atoms with Crippen LogP contribution >= 0.6 is 0 Å². The van der Waals surface area contributed by atoms with Gasteiger partial charge in [-0.05, 0) is 55.5 Å². The number of rotatable bonds is 12. The van der Waals surface area contributed by atoms with Crippen LogP contribution in [0.5, 0.6) is 5.75 Å². The van der Waals surface area contributed by atoms with Gasteiger partial charge in [0.15, 0.2) is 0 Å². The Bertz CT molecular complexity index is 1490. The second-order valence-electron chi connectivity index (χ2n) is 11.2. The molecule has 42 heavy (non-hydrogen) atoms. The Morgan fingerprint density at radius 1 is 0.929 bits per heavy atom. The molecule has 0 saturated heterocycles. The molecule has 0 aliphatic heterocycles. The SMILES string of the molecule is COc1ccc(C)cc1N(CC(=O)N(Cc1cccc(C)c1)C(Cc1ccccc1)C(=O)NC1CCCC1)S(C)(=O)=O. The lowest BCUT2D eigenvalue weighted by Crippen LogP contribution is -2.54. The van der Waals surface area contributed by atoms with Gasteiger partial charge >= 0.3 is 0 Å². The first-order valence-electron chi connectivity index (χ1n) is 14.4. The highest BCUT2D eigenvalue weighted by Gasteiger charge is 2.34. The van der Waals surface area contributed by atoms with Gasteiger partial charge in [-0.2, -0.15) is 0 Å². The number of nitrogens with one attached hydrogen (secondary N) is 1. The number of carbonyl (C=O) groups is 2. The molecule has 3 aromatic carbocycles. The lowest BCUT2D eigenvalue weighted by Gasteiger charge is -2.34. The normalized spacial score (nSPS) is 14.3. The van der Waals surface area contributed by atoms with Crippen LogP contribution in [0.25, 0.3) is 0 Å². The molecule has 0 heterocycles. The molecule has 4 rings (SSSR count). The number of methoxy groups -OCH3 is 1. The van der Waals surface area contributed by atoms with Crippen LogP contribution in [0, 0.1) is 13.8 Å². The molecule has 1 fully saturated rings. The van der Waals surface area contributed by atoms with Crippen molar-refractivity contribution >= 4 is 27.5 Å². The van der Waals surface area contributed by atoms with Gasteiger partial charge in [0.05, 0.1) is 19.1 Å². The van der Waals surface area contributed by atoms with Crippen molar-refractivity contribution < 1.29 is 22.7 Å². The molecule has 0 aromatic heterocycles. The third-order valence-corrected chi connectivity index (χ3v) is 8.82. The summed E-state index contributed by atoms with van der Waals surface area (Å²) in [6.45, 7) is 3.49. The molecule has 0 spiro atoms. The Labute approximate surface area is 249 Å². The van der Waals surface area contributed by atoms with Crippen molar-refractivity contribution in [3.8, 4) is 5.75 Å². The summed E-state index contributed by atoms with van der Waals surface area (Å²) in [5.74, 6) is -0.373. The van der Waals surface area contributed by atoms with Crippen molar-refractivity contribution in [2.24, 2.45) is 0 Å². The van der Waals surface area contributed by atoms with Crippen molar-refractivity contribution in [2.45, 2.75) is 64.6 Å². The van der Waals surface area contributed by atoms with Crippen molar-refractivity contribution in [3.63, 3.8) is 0 Å². The molecular formula is C33H41N3O5S. The van der Waals surface area contributed by atoms with Gasteiger partial charge in [-0.15, -0.1) is 0 Å². The van der Waals surface area contributed by atoms with E-state index in [2.05, 4.69) is 5.32 Å². The van der Waals surface area contributed by atoms with E-state index in [1.54, 1.807) is 12.1 Å². The fourth-order valence-corrected chi connectivity index (χ4v) is 6.36. The van der Waals surface area contributed by atoms with E-state index in [0.29, 0.717) is 12.2 Å². The Hall–Kier alpha value is -3.85. The summed E-state index contributed by atoms with van der Waals surface area (Å²) in [6.07, 6.45) is 5.30. The third-order valence-electron chi connectivity index (χ3n) is 7.69. The van der Waals surface area contributed by atoms with Gasteiger partial charge in [0, 0.05) is 19.0 Å². The third kappa shape index (κ3) is 8.12. The quantitative estimate of drug-likeness (QED) is 0.327. The Kier molecular flexibility index (Phi) is 10.3. The smallest absolute Gasteiger partial charge is 0.244 e. The number of carbonyl (C=O) groups excluding carboxylic acids is 2. The molecule has 3 aromatic rings. The predicted octanol–water partition coefficient (Wildman–Crippen LogP) is 4.78. The zero-order chi connectivity index (χ0) is 30.3. The minimum Gasteiger partial charge on any atom is -0.495 e. The van der Waals surface area contributed by atoms with Crippen molar-refractivity contribution in [2.75, 3.05) is 24.2 Å². The number of sulfonamides is 1. The number of aryl methyl sites for hydroxylation is 2. The number of benzene rings is 3. The first-order chi connectivity index (χ1) is 20.0. The lowest BCUT2D eigenvalue weighted by molar-refractivity contribution is -0.140. The van der Waals surface area contributed by atoms with E-state index in [9.17, 15) is 18.0 Å². The van der Waals surface area contributed by atoms with E-state index in [4.69, 9.17) is 4.74 Å². The highest BCUT2D eigenvalue weighted by atomic mass is 32.2. The van der Waals surface area contributed by atoms with Crippen LogP contribution in [-0.4, -0.2) is 57.1 Å². The molecule has 8 nitrogen and oxygen atoms in total. The van der Waals surface area contributed by atoms with Crippen LogP contribution in [0.2, 0.25) is 0 Å². The summed E-state index contributed by atoms with van der Waals surface area (Å²) < 4.78 is 32.8. The van der Waals surface area contributed by atoms with Gasteiger partial charge in [0.2, 0.25) is 21.8 Å². The van der Waals surface area contributed by atoms with Gasteiger partial charge in [0.25, 0.3) is 0 Å². The van der Waals surface area contributed by atoms with Crippen LogP contribution in [0.3, 0.4) is 0 Å². The summed E-state index contributed by atoms with van der Waals surface area (Å²) in [5, 5.41) is 3.19. The van der Waals surface area contributed by atoms with Gasteiger partial charge in [-0.3, -0.25) is 13.9 Å². The highest BCUT2D eigenvalue weighted by Crippen LogP contribution is 2.31. The maximum Gasteiger partial charge on any atom is 0.244 e. The summed E-state index contributed by atoms with van der Waals surface area (Å²) in [7, 11) is -2.43. The van der Waals surface area contributed by atoms with E-state index in [1.165, 1.54) is 12.0 Å². The summed E-state index contributed by atoms with van der Waals surface area (Å²) >= 11 is 0. The fraction of sp³-hybridized carbons (Fsp3) is 0.394. The van der Waals surface area contributed by atoms with Crippen molar-refractivity contribution in [3.05, 3.63) is 95.1 Å². The van der Waals surface area contributed by atoms with Crippen LogP contribution in [0.15, 0.2) is 72.8 Å². The summed E-state index contributed by atoms with van der Waals surface area (Å²) in [4.78, 5) is 29.8. The molecule has 9 heteroatoms. The maximum absolute atomic E-state index is 14.3. The number of nitrogens with zero attached hydrogens (tertiary/aromatic N) is 2. The fourth-order valence-electron chi connectivity index (χ4n) is 5.52. The van der Waals surface area contributed by atoms with Crippen LogP contribution in [-0.2, 0) is 32.6 Å². The van der Waals surface area contributed by atoms with E-state index in [0.717, 1.165) is 58.5 Å². The number of hydrogen-bond donors (Lipinski definition) is 1. The van der Waals surface area contributed by atoms with E-state index < -0.39 is 28.5 Å². The topological polar surface area (TPSA) is 96.0 Å². The molecule has 1 N–H and O–H groups in total. The molecule has 1 atom stereocenters. The summed E-state index contributed by atoms with van der Waals surface area (Å²) in [6, 6.07) is 21.8. The molecule has 0 bridgehead atoms. The molecule has 1 saturated carbocycles. The number of amides is 2. The Balaban J connectivity index is 1.76. The number of ether oxygens (including phenoxy) is 1. The molecule has 0 radical (unpaired) electrons.